The second kappa shape index (κ2) is 11.0. The van der Waals surface area contributed by atoms with E-state index in [1.807, 2.05) is 18.2 Å². The second-order valence-electron chi connectivity index (χ2n) is 4.71. The van der Waals surface area contributed by atoms with Gasteiger partial charge in [0.05, 0.1) is 12.2 Å². The van der Waals surface area contributed by atoms with E-state index < -0.39 is 0 Å². The number of pyridine rings is 1. The predicted octanol–water partition coefficient (Wildman–Crippen LogP) is 2.80. The van der Waals surface area contributed by atoms with Crippen LogP contribution in [0.4, 0.5) is 0 Å². The molecule has 5 heteroatoms. The van der Waals surface area contributed by atoms with Crippen LogP contribution in [0.25, 0.3) is 0 Å². The van der Waals surface area contributed by atoms with Crippen LogP contribution in [-0.2, 0) is 6.54 Å². The SMILES string of the molecule is CN=C(NCCCC(C)C)NCc1ccccn1.I. The van der Waals surface area contributed by atoms with Gasteiger partial charge in [-0.25, -0.2) is 0 Å². The zero-order valence-corrected chi connectivity index (χ0v) is 14.3. The van der Waals surface area contributed by atoms with E-state index in [1.54, 1.807) is 13.2 Å². The summed E-state index contributed by atoms with van der Waals surface area (Å²) in [7, 11) is 1.79. The highest BCUT2D eigenvalue weighted by Crippen LogP contribution is 2.01. The van der Waals surface area contributed by atoms with E-state index in [1.165, 1.54) is 12.8 Å². The molecule has 0 fully saturated rings. The number of aromatic nitrogens is 1. The summed E-state index contributed by atoms with van der Waals surface area (Å²) in [6.45, 7) is 6.15. The van der Waals surface area contributed by atoms with Crippen LogP contribution in [0.15, 0.2) is 29.4 Å². The van der Waals surface area contributed by atoms with Crippen molar-refractivity contribution in [1.82, 2.24) is 15.6 Å². The fourth-order valence-electron chi connectivity index (χ4n) is 1.61. The van der Waals surface area contributed by atoms with Crippen molar-refractivity contribution in [3.63, 3.8) is 0 Å². The third kappa shape index (κ3) is 8.80. The van der Waals surface area contributed by atoms with Gasteiger partial charge in [-0.2, -0.15) is 0 Å². The standard InChI is InChI=1S/C14H24N4.HI/c1-12(2)7-6-10-17-14(15-3)18-11-13-8-4-5-9-16-13;/h4-5,8-9,12H,6-7,10-11H2,1-3H3,(H2,15,17,18);1H. The Bertz CT molecular complexity index is 352. The Balaban J connectivity index is 0.00000324. The Morgan fingerprint density at radius 3 is 2.68 bits per heavy atom. The Morgan fingerprint density at radius 1 is 1.32 bits per heavy atom. The van der Waals surface area contributed by atoms with Crippen LogP contribution in [0.5, 0.6) is 0 Å². The molecule has 0 aliphatic heterocycles. The summed E-state index contributed by atoms with van der Waals surface area (Å²) in [6, 6.07) is 5.91. The first-order chi connectivity index (χ1) is 8.72. The van der Waals surface area contributed by atoms with Crippen LogP contribution in [-0.4, -0.2) is 24.5 Å². The monoisotopic (exact) mass is 376 g/mol. The minimum atomic E-state index is 0. The summed E-state index contributed by atoms with van der Waals surface area (Å²) in [5, 5.41) is 6.56. The van der Waals surface area contributed by atoms with Crippen LogP contribution < -0.4 is 10.6 Å². The molecule has 108 valence electrons. The van der Waals surface area contributed by atoms with Gasteiger partial charge in [0.25, 0.3) is 0 Å². The van der Waals surface area contributed by atoms with Gasteiger partial charge in [0.2, 0.25) is 0 Å². The molecule has 1 heterocycles. The lowest BCUT2D eigenvalue weighted by Gasteiger charge is -2.12. The Morgan fingerprint density at radius 2 is 2.11 bits per heavy atom. The quantitative estimate of drug-likeness (QED) is 0.348. The van der Waals surface area contributed by atoms with E-state index in [9.17, 15) is 0 Å². The maximum Gasteiger partial charge on any atom is 0.191 e. The van der Waals surface area contributed by atoms with Crippen LogP contribution in [0, 0.1) is 5.92 Å². The van der Waals surface area contributed by atoms with Crippen LogP contribution in [0.3, 0.4) is 0 Å². The van der Waals surface area contributed by atoms with Gasteiger partial charge in [-0.15, -0.1) is 24.0 Å². The molecule has 0 bridgehead atoms. The summed E-state index contributed by atoms with van der Waals surface area (Å²) < 4.78 is 0. The van der Waals surface area contributed by atoms with Crippen molar-refractivity contribution < 1.29 is 0 Å². The van der Waals surface area contributed by atoms with Gasteiger partial charge in [-0.3, -0.25) is 9.98 Å². The van der Waals surface area contributed by atoms with Crippen LogP contribution in [0.2, 0.25) is 0 Å². The number of guanidine groups is 1. The zero-order valence-electron chi connectivity index (χ0n) is 12.0. The van der Waals surface area contributed by atoms with Gasteiger partial charge in [-0.1, -0.05) is 19.9 Å². The van der Waals surface area contributed by atoms with E-state index in [-0.39, 0.29) is 24.0 Å². The number of hydrogen-bond donors (Lipinski definition) is 2. The summed E-state index contributed by atoms with van der Waals surface area (Å²) in [5.74, 6) is 1.60. The molecule has 4 nitrogen and oxygen atoms in total. The van der Waals surface area contributed by atoms with E-state index >= 15 is 0 Å². The summed E-state index contributed by atoms with van der Waals surface area (Å²) >= 11 is 0. The largest absolute Gasteiger partial charge is 0.356 e. The number of rotatable bonds is 6. The Kier molecular flexibility index (Phi) is 10.5. The Labute approximate surface area is 133 Å². The van der Waals surface area contributed by atoms with E-state index in [0.717, 1.165) is 24.1 Å². The van der Waals surface area contributed by atoms with Gasteiger partial charge < -0.3 is 10.6 Å². The Hall–Kier alpha value is -0.850. The molecule has 0 atom stereocenters. The molecule has 0 amide bonds. The molecule has 0 aromatic carbocycles. The van der Waals surface area contributed by atoms with Crippen molar-refractivity contribution in [3.05, 3.63) is 30.1 Å². The van der Waals surface area contributed by atoms with Gasteiger partial charge in [0, 0.05) is 19.8 Å². The molecule has 0 radical (unpaired) electrons. The third-order valence-electron chi connectivity index (χ3n) is 2.64. The molecular weight excluding hydrogens is 351 g/mol. The molecule has 0 unspecified atom stereocenters. The first kappa shape index (κ1) is 18.1. The molecule has 2 N–H and O–H groups in total. The number of nitrogens with zero attached hydrogens (tertiary/aromatic N) is 2. The van der Waals surface area contributed by atoms with Crippen molar-refractivity contribution in [3.8, 4) is 0 Å². The summed E-state index contributed by atoms with van der Waals surface area (Å²) in [4.78, 5) is 8.45. The highest BCUT2D eigenvalue weighted by molar-refractivity contribution is 14.0. The number of halogens is 1. The second-order valence-corrected chi connectivity index (χ2v) is 4.71. The maximum atomic E-state index is 4.26. The fraction of sp³-hybridized carbons (Fsp3) is 0.571. The molecule has 0 saturated heterocycles. The van der Waals surface area contributed by atoms with E-state index in [2.05, 4.69) is 34.5 Å². The van der Waals surface area contributed by atoms with Crippen LogP contribution >= 0.6 is 24.0 Å². The lowest BCUT2D eigenvalue weighted by atomic mass is 10.1. The van der Waals surface area contributed by atoms with Gasteiger partial charge >= 0.3 is 0 Å². The van der Waals surface area contributed by atoms with E-state index in [0.29, 0.717) is 6.54 Å². The first-order valence-corrected chi connectivity index (χ1v) is 6.56. The topological polar surface area (TPSA) is 49.3 Å². The van der Waals surface area contributed by atoms with Crippen molar-refractivity contribution in [2.45, 2.75) is 33.2 Å². The van der Waals surface area contributed by atoms with Gasteiger partial charge in [-0.05, 0) is 30.9 Å². The normalized spacial score (nSPS) is 11.1. The summed E-state index contributed by atoms with van der Waals surface area (Å²) in [5.41, 5.74) is 1.02. The molecule has 1 aromatic rings. The summed E-state index contributed by atoms with van der Waals surface area (Å²) in [6.07, 6.45) is 4.21. The predicted molar refractivity (Wildman–Crippen MR) is 91.9 cm³/mol. The lowest BCUT2D eigenvalue weighted by Crippen LogP contribution is -2.37. The minimum absolute atomic E-state index is 0. The average molecular weight is 376 g/mol. The molecular formula is C14H25IN4. The minimum Gasteiger partial charge on any atom is -0.356 e. The van der Waals surface area contributed by atoms with Gasteiger partial charge in [0.15, 0.2) is 5.96 Å². The lowest BCUT2D eigenvalue weighted by molar-refractivity contribution is 0.549. The molecule has 0 saturated carbocycles. The third-order valence-corrected chi connectivity index (χ3v) is 2.64. The van der Waals surface area contributed by atoms with Crippen molar-refractivity contribution in [2.24, 2.45) is 10.9 Å². The van der Waals surface area contributed by atoms with Crippen molar-refractivity contribution in [2.75, 3.05) is 13.6 Å². The molecule has 19 heavy (non-hydrogen) atoms. The molecule has 0 aliphatic carbocycles. The fourth-order valence-corrected chi connectivity index (χ4v) is 1.61. The van der Waals surface area contributed by atoms with Crippen molar-refractivity contribution in [1.29, 1.82) is 0 Å². The number of hydrogen-bond acceptors (Lipinski definition) is 2. The zero-order chi connectivity index (χ0) is 13.2. The number of nitrogens with one attached hydrogen (secondary N) is 2. The van der Waals surface area contributed by atoms with Crippen LogP contribution in [0.1, 0.15) is 32.4 Å². The average Bonchev–Trinajstić information content (AvgIpc) is 2.39. The van der Waals surface area contributed by atoms with E-state index in [4.69, 9.17) is 0 Å². The number of aliphatic imine (C=N–C) groups is 1. The molecule has 1 aromatic heterocycles. The molecule has 1 rings (SSSR count). The molecule has 0 spiro atoms. The first-order valence-electron chi connectivity index (χ1n) is 6.56. The highest BCUT2D eigenvalue weighted by atomic mass is 127. The van der Waals surface area contributed by atoms with Crippen molar-refractivity contribution >= 4 is 29.9 Å². The molecule has 0 aliphatic rings. The maximum absolute atomic E-state index is 4.26. The smallest absolute Gasteiger partial charge is 0.191 e. The highest BCUT2D eigenvalue weighted by Gasteiger charge is 1.99. The van der Waals surface area contributed by atoms with Gasteiger partial charge in [0.1, 0.15) is 0 Å².